The van der Waals surface area contributed by atoms with Gasteiger partial charge in [0.25, 0.3) is 5.69 Å². The lowest BCUT2D eigenvalue weighted by Gasteiger charge is -2.39. The molecular weight excluding hydrogens is 458 g/mol. The van der Waals surface area contributed by atoms with Crippen molar-refractivity contribution in [2.24, 2.45) is 5.41 Å². The first-order chi connectivity index (χ1) is 17.3. The van der Waals surface area contributed by atoms with E-state index in [9.17, 15) is 19.7 Å². The molecule has 0 unspecified atom stereocenters. The van der Waals surface area contributed by atoms with Gasteiger partial charge in [-0.15, -0.1) is 0 Å². The molecule has 36 heavy (non-hydrogen) atoms. The highest BCUT2D eigenvalue weighted by Gasteiger charge is 2.43. The highest BCUT2D eigenvalue weighted by atomic mass is 16.6. The Hall–Kier alpha value is -3.68. The molecule has 2 aliphatic rings. The quantitative estimate of drug-likeness (QED) is 0.323. The number of nitro groups is 1. The SMILES string of the molecule is CCC(=Cc1cccc([N+](=O)[O-])c1)C(=O)N1CCC2(CCN(C(=O)Cc3cccc(OC)c3)CC2)C1. The molecule has 2 saturated heterocycles. The summed E-state index contributed by atoms with van der Waals surface area (Å²) in [7, 11) is 1.62. The Bertz CT molecular complexity index is 1170. The Balaban J connectivity index is 1.35. The molecule has 1 spiro atoms. The average Bonchev–Trinajstić information content (AvgIpc) is 3.30. The number of carbonyl (C=O) groups excluding carboxylic acids is 2. The van der Waals surface area contributed by atoms with Gasteiger partial charge < -0.3 is 14.5 Å². The fraction of sp³-hybridized carbons (Fsp3) is 0.429. The zero-order valence-corrected chi connectivity index (χ0v) is 20.9. The van der Waals surface area contributed by atoms with E-state index >= 15 is 0 Å². The molecule has 2 aromatic rings. The van der Waals surface area contributed by atoms with Crippen molar-refractivity contribution in [3.63, 3.8) is 0 Å². The number of carbonyl (C=O) groups is 2. The van der Waals surface area contributed by atoms with Gasteiger partial charge in [0.2, 0.25) is 11.8 Å². The van der Waals surface area contributed by atoms with Crippen molar-refractivity contribution in [1.29, 1.82) is 0 Å². The maximum absolute atomic E-state index is 13.3. The topological polar surface area (TPSA) is 93.0 Å². The minimum Gasteiger partial charge on any atom is -0.497 e. The van der Waals surface area contributed by atoms with Crippen LogP contribution in [0.25, 0.3) is 6.08 Å². The molecule has 2 aliphatic heterocycles. The first-order valence-corrected chi connectivity index (χ1v) is 12.5. The van der Waals surface area contributed by atoms with Gasteiger partial charge in [0.15, 0.2) is 0 Å². The van der Waals surface area contributed by atoms with Crippen LogP contribution in [0.5, 0.6) is 5.75 Å². The summed E-state index contributed by atoms with van der Waals surface area (Å²) in [6, 6.07) is 14.0. The predicted octanol–water partition coefficient (Wildman–Crippen LogP) is 4.48. The van der Waals surface area contributed by atoms with Crippen LogP contribution in [0.15, 0.2) is 54.1 Å². The van der Waals surface area contributed by atoms with Crippen molar-refractivity contribution in [2.45, 2.75) is 39.0 Å². The highest BCUT2D eigenvalue weighted by molar-refractivity contribution is 5.98. The second-order valence-electron chi connectivity index (χ2n) is 9.76. The third kappa shape index (κ3) is 5.75. The molecule has 8 heteroatoms. The van der Waals surface area contributed by atoms with E-state index in [1.807, 2.05) is 41.0 Å². The number of piperidine rings is 1. The summed E-state index contributed by atoms with van der Waals surface area (Å²) in [5.74, 6) is 0.870. The summed E-state index contributed by atoms with van der Waals surface area (Å²) in [6.45, 7) is 4.72. The van der Waals surface area contributed by atoms with E-state index in [0.29, 0.717) is 50.2 Å². The number of nitro benzene ring substituents is 1. The first-order valence-electron chi connectivity index (χ1n) is 12.5. The number of likely N-dealkylation sites (tertiary alicyclic amines) is 2. The largest absolute Gasteiger partial charge is 0.497 e. The van der Waals surface area contributed by atoms with Crippen LogP contribution in [0.3, 0.4) is 0 Å². The zero-order valence-electron chi connectivity index (χ0n) is 20.9. The molecule has 0 saturated carbocycles. The fourth-order valence-electron chi connectivity index (χ4n) is 5.26. The van der Waals surface area contributed by atoms with Gasteiger partial charge in [0, 0.05) is 43.9 Å². The molecule has 0 radical (unpaired) electrons. The van der Waals surface area contributed by atoms with Crippen LogP contribution < -0.4 is 4.74 Å². The van der Waals surface area contributed by atoms with Crippen LogP contribution in [0.2, 0.25) is 0 Å². The number of rotatable bonds is 7. The number of non-ortho nitro benzene ring substituents is 1. The summed E-state index contributed by atoms with van der Waals surface area (Å²) in [5, 5.41) is 11.1. The molecule has 0 bridgehead atoms. The summed E-state index contributed by atoms with van der Waals surface area (Å²) in [4.78, 5) is 40.7. The fourth-order valence-corrected chi connectivity index (χ4v) is 5.26. The molecule has 2 heterocycles. The number of ether oxygens (including phenoxy) is 1. The Kier molecular flexibility index (Phi) is 7.72. The number of hydrogen-bond acceptors (Lipinski definition) is 5. The van der Waals surface area contributed by atoms with Gasteiger partial charge in [-0.2, -0.15) is 0 Å². The molecule has 2 fully saturated rings. The number of methoxy groups -OCH3 is 1. The third-order valence-corrected chi connectivity index (χ3v) is 7.47. The van der Waals surface area contributed by atoms with E-state index in [1.165, 1.54) is 12.1 Å². The molecule has 2 amide bonds. The van der Waals surface area contributed by atoms with Gasteiger partial charge in [-0.1, -0.05) is 31.2 Å². The van der Waals surface area contributed by atoms with Gasteiger partial charge in [0.1, 0.15) is 5.75 Å². The van der Waals surface area contributed by atoms with Crippen LogP contribution >= 0.6 is 0 Å². The van der Waals surface area contributed by atoms with Crippen molar-refractivity contribution in [2.75, 3.05) is 33.3 Å². The first kappa shape index (κ1) is 25.4. The standard InChI is InChI=1S/C28H33N3O5/c1-3-23(16-21-6-4-8-24(17-21)31(34)35)27(33)30-15-12-28(20-30)10-13-29(14-11-28)26(32)19-22-7-5-9-25(18-22)36-2/h4-9,16-18H,3,10-15,19-20H2,1-2H3. The van der Waals surface area contributed by atoms with Crippen molar-refractivity contribution in [3.8, 4) is 5.75 Å². The van der Waals surface area contributed by atoms with E-state index in [0.717, 1.165) is 30.6 Å². The molecule has 2 aromatic carbocycles. The monoisotopic (exact) mass is 491 g/mol. The van der Waals surface area contributed by atoms with Gasteiger partial charge in [-0.05, 0) is 60.4 Å². The third-order valence-electron chi connectivity index (χ3n) is 7.47. The van der Waals surface area contributed by atoms with Crippen molar-refractivity contribution in [3.05, 3.63) is 75.3 Å². The van der Waals surface area contributed by atoms with Crippen LogP contribution in [0.1, 0.15) is 43.7 Å². The molecular formula is C28H33N3O5. The van der Waals surface area contributed by atoms with E-state index in [1.54, 1.807) is 25.3 Å². The van der Waals surface area contributed by atoms with Gasteiger partial charge in [0.05, 0.1) is 18.5 Å². The van der Waals surface area contributed by atoms with Crippen molar-refractivity contribution < 1.29 is 19.2 Å². The van der Waals surface area contributed by atoms with Gasteiger partial charge in [-0.3, -0.25) is 19.7 Å². The van der Waals surface area contributed by atoms with Gasteiger partial charge in [-0.25, -0.2) is 0 Å². The molecule has 0 atom stereocenters. The molecule has 8 nitrogen and oxygen atoms in total. The summed E-state index contributed by atoms with van der Waals surface area (Å²) < 4.78 is 5.26. The minimum atomic E-state index is -0.428. The molecule has 0 aromatic heterocycles. The maximum atomic E-state index is 13.3. The second kappa shape index (κ2) is 10.9. The Morgan fingerprint density at radius 3 is 2.42 bits per heavy atom. The zero-order chi connectivity index (χ0) is 25.7. The van der Waals surface area contributed by atoms with Crippen LogP contribution in [0.4, 0.5) is 5.69 Å². The van der Waals surface area contributed by atoms with Crippen molar-refractivity contribution in [1.82, 2.24) is 9.80 Å². The van der Waals surface area contributed by atoms with Crippen LogP contribution in [0, 0.1) is 15.5 Å². The summed E-state index contributed by atoms with van der Waals surface area (Å²) in [6.07, 6.45) is 5.38. The molecule has 0 N–H and O–H groups in total. The molecule has 0 aliphatic carbocycles. The highest BCUT2D eigenvalue weighted by Crippen LogP contribution is 2.41. The van der Waals surface area contributed by atoms with Gasteiger partial charge >= 0.3 is 0 Å². The second-order valence-corrected chi connectivity index (χ2v) is 9.76. The minimum absolute atomic E-state index is 0.00240. The summed E-state index contributed by atoms with van der Waals surface area (Å²) in [5.41, 5.74) is 2.32. The number of hydrogen-bond donors (Lipinski definition) is 0. The van der Waals surface area contributed by atoms with E-state index in [2.05, 4.69) is 0 Å². The Labute approximate surface area is 211 Å². The van der Waals surface area contributed by atoms with E-state index in [4.69, 9.17) is 4.74 Å². The Morgan fingerprint density at radius 2 is 1.75 bits per heavy atom. The Morgan fingerprint density at radius 1 is 1.06 bits per heavy atom. The smallest absolute Gasteiger partial charge is 0.270 e. The lowest BCUT2D eigenvalue weighted by Crippen LogP contribution is -2.45. The van der Waals surface area contributed by atoms with Crippen LogP contribution in [-0.4, -0.2) is 59.8 Å². The average molecular weight is 492 g/mol. The van der Waals surface area contributed by atoms with E-state index in [-0.39, 0.29) is 22.9 Å². The lowest BCUT2D eigenvalue weighted by atomic mass is 9.77. The normalized spacial score (nSPS) is 17.3. The van der Waals surface area contributed by atoms with E-state index < -0.39 is 4.92 Å². The number of amides is 2. The lowest BCUT2D eigenvalue weighted by molar-refractivity contribution is -0.384. The van der Waals surface area contributed by atoms with Crippen molar-refractivity contribution >= 4 is 23.6 Å². The maximum Gasteiger partial charge on any atom is 0.270 e. The predicted molar refractivity (Wildman–Crippen MR) is 138 cm³/mol. The summed E-state index contributed by atoms with van der Waals surface area (Å²) >= 11 is 0. The molecule has 4 rings (SSSR count). The number of benzene rings is 2. The number of nitrogens with zero attached hydrogens (tertiary/aromatic N) is 3. The molecule has 190 valence electrons. The van der Waals surface area contributed by atoms with Crippen LogP contribution in [-0.2, 0) is 16.0 Å².